The molecule has 1 N–H and O–H groups in total. The minimum Gasteiger partial charge on any atom is -0.480 e. The molecule has 1 saturated carbocycles. The van der Waals surface area contributed by atoms with Crippen LogP contribution in [-0.2, 0) is 24.6 Å². The van der Waals surface area contributed by atoms with Crippen LogP contribution in [0.2, 0.25) is 0 Å². The van der Waals surface area contributed by atoms with Gasteiger partial charge in [-0.2, -0.15) is 0 Å². The van der Waals surface area contributed by atoms with Gasteiger partial charge in [0.25, 0.3) is 0 Å². The number of rotatable bonds is 6. The highest BCUT2D eigenvalue weighted by Gasteiger charge is 2.48. The maximum atomic E-state index is 13.3. The van der Waals surface area contributed by atoms with E-state index < -0.39 is 23.8 Å². The lowest BCUT2D eigenvalue weighted by atomic mass is 9.72. The number of aliphatic carboxylic acids is 1. The van der Waals surface area contributed by atoms with Crippen molar-refractivity contribution in [3.63, 3.8) is 0 Å². The molecule has 0 bridgehead atoms. The van der Waals surface area contributed by atoms with Crippen LogP contribution in [0.15, 0.2) is 71.5 Å². The van der Waals surface area contributed by atoms with Crippen molar-refractivity contribution >= 4 is 28.0 Å². The highest BCUT2D eigenvalue weighted by atomic mass is 79.9. The predicted octanol–water partition coefficient (Wildman–Crippen LogP) is 5.73. The molecule has 208 valence electrons. The Morgan fingerprint density at radius 1 is 1.00 bits per heavy atom. The fourth-order valence-corrected chi connectivity index (χ4v) is 6.69. The largest absolute Gasteiger partial charge is 0.480 e. The van der Waals surface area contributed by atoms with Crippen molar-refractivity contribution in [1.82, 2.24) is 9.88 Å². The molecule has 1 amide bonds. The summed E-state index contributed by atoms with van der Waals surface area (Å²) in [7, 11) is 0. The summed E-state index contributed by atoms with van der Waals surface area (Å²) in [6, 6.07) is 20.3. The number of carboxylic acids is 1. The lowest BCUT2D eigenvalue weighted by Crippen LogP contribution is -2.57. The van der Waals surface area contributed by atoms with Crippen molar-refractivity contribution in [2.75, 3.05) is 32.9 Å². The third kappa shape index (κ3) is 5.13. The van der Waals surface area contributed by atoms with Crippen LogP contribution in [0, 0.1) is 0 Å². The number of hydrogen-bond acceptors (Lipinski definition) is 6. The number of carboxylic acid groups (broad SMARTS) is 1. The van der Waals surface area contributed by atoms with E-state index in [9.17, 15) is 14.7 Å². The second-order valence-corrected chi connectivity index (χ2v) is 11.6. The summed E-state index contributed by atoms with van der Waals surface area (Å²) in [5, 5.41) is 9.29. The van der Waals surface area contributed by atoms with E-state index in [1.807, 2.05) is 36.4 Å². The molecule has 9 heteroatoms. The quantitative estimate of drug-likeness (QED) is 0.357. The van der Waals surface area contributed by atoms with E-state index in [1.165, 1.54) is 22.3 Å². The third-order valence-electron chi connectivity index (χ3n) is 8.54. The molecule has 1 aromatic heterocycles. The zero-order valence-electron chi connectivity index (χ0n) is 22.1. The predicted molar refractivity (Wildman–Crippen MR) is 151 cm³/mol. The van der Waals surface area contributed by atoms with Crippen LogP contribution >= 0.6 is 15.9 Å². The first-order valence-electron chi connectivity index (χ1n) is 13.6. The summed E-state index contributed by atoms with van der Waals surface area (Å²) < 4.78 is 18.9. The Hall–Kier alpha value is -3.27. The van der Waals surface area contributed by atoms with E-state index in [4.69, 9.17) is 14.2 Å². The number of nitrogens with zero attached hydrogens (tertiary/aromatic N) is 2. The van der Waals surface area contributed by atoms with Crippen LogP contribution in [0.3, 0.4) is 0 Å². The number of halogens is 1. The van der Waals surface area contributed by atoms with Crippen LogP contribution < -0.4 is 0 Å². The van der Waals surface area contributed by atoms with Crippen molar-refractivity contribution in [2.45, 2.75) is 42.8 Å². The van der Waals surface area contributed by atoms with Crippen LogP contribution in [0.4, 0.5) is 4.79 Å². The zero-order valence-corrected chi connectivity index (χ0v) is 23.6. The fraction of sp³-hybridized carbons (Fsp3) is 0.387. The number of carbonyl (C=O) groups is 2. The second kappa shape index (κ2) is 11.0. The first-order chi connectivity index (χ1) is 19.4. The summed E-state index contributed by atoms with van der Waals surface area (Å²) in [5.41, 5.74) is 4.30. The molecule has 8 nitrogen and oxygen atoms in total. The molecular weight excluding hydrogens is 576 g/mol. The molecule has 2 aromatic carbocycles. The molecule has 2 fully saturated rings. The number of aromatic nitrogens is 1. The SMILES string of the molecule is O=C(O)COC1(c2ccc(Br)nc2)CCC2(CC1)CN(C(=O)OCC1c3ccccc3-c3ccccc31)CCO2. The van der Waals surface area contributed by atoms with Gasteiger partial charge in [-0.15, -0.1) is 0 Å². The van der Waals surface area contributed by atoms with Gasteiger partial charge >= 0.3 is 12.1 Å². The van der Waals surface area contributed by atoms with Gasteiger partial charge in [-0.25, -0.2) is 14.6 Å². The van der Waals surface area contributed by atoms with Gasteiger partial charge in [0.2, 0.25) is 0 Å². The number of ether oxygens (including phenoxy) is 3. The molecule has 1 spiro atoms. The van der Waals surface area contributed by atoms with E-state index >= 15 is 0 Å². The molecule has 6 rings (SSSR count). The number of hydrogen-bond donors (Lipinski definition) is 1. The highest BCUT2D eigenvalue weighted by Crippen LogP contribution is 2.47. The molecule has 2 heterocycles. The van der Waals surface area contributed by atoms with E-state index in [2.05, 4.69) is 45.2 Å². The van der Waals surface area contributed by atoms with Gasteiger partial charge < -0.3 is 24.2 Å². The first-order valence-corrected chi connectivity index (χ1v) is 14.4. The van der Waals surface area contributed by atoms with E-state index in [-0.39, 0.29) is 18.6 Å². The molecule has 1 aliphatic heterocycles. The van der Waals surface area contributed by atoms with Crippen molar-refractivity contribution in [1.29, 1.82) is 0 Å². The molecule has 0 atom stereocenters. The topological polar surface area (TPSA) is 98.2 Å². The molecule has 3 aromatic rings. The number of amides is 1. The summed E-state index contributed by atoms with van der Waals surface area (Å²) in [5.74, 6) is -1.01. The number of pyridine rings is 1. The monoisotopic (exact) mass is 606 g/mol. The smallest absolute Gasteiger partial charge is 0.409 e. The van der Waals surface area contributed by atoms with Gasteiger partial charge in [0.15, 0.2) is 0 Å². The van der Waals surface area contributed by atoms with Crippen molar-refractivity contribution in [3.05, 3.63) is 88.2 Å². The average Bonchev–Trinajstić information content (AvgIpc) is 3.30. The molecular formula is C31H31BrN2O6. The summed E-state index contributed by atoms with van der Waals surface area (Å²) in [4.78, 5) is 30.7. The standard InChI is InChI=1S/C31H31BrN2O6/c32-27-10-9-21(17-33-27)31(40-19-28(35)36)13-11-30(12-14-31)20-34(15-16-39-30)29(37)38-18-26-24-7-3-1-5-22(24)23-6-2-4-8-25(23)26/h1-10,17,26H,11-16,18-20H2,(H,35,36). The van der Waals surface area contributed by atoms with Gasteiger partial charge in [0.1, 0.15) is 17.8 Å². The van der Waals surface area contributed by atoms with E-state index in [1.54, 1.807) is 11.1 Å². The Labute approximate surface area is 241 Å². The number of morpholine rings is 1. The molecule has 2 aliphatic carbocycles. The van der Waals surface area contributed by atoms with Gasteiger partial charge in [0, 0.05) is 24.2 Å². The molecule has 40 heavy (non-hydrogen) atoms. The van der Waals surface area contributed by atoms with Crippen LogP contribution in [0.25, 0.3) is 11.1 Å². The lowest BCUT2D eigenvalue weighted by Gasteiger charge is -2.49. The average molecular weight is 608 g/mol. The minimum atomic E-state index is -1.01. The van der Waals surface area contributed by atoms with Crippen molar-refractivity contribution in [2.24, 2.45) is 0 Å². The summed E-state index contributed by atoms with van der Waals surface area (Å²) in [6.45, 7) is 1.20. The van der Waals surface area contributed by atoms with Crippen LogP contribution in [0.1, 0.15) is 48.3 Å². The van der Waals surface area contributed by atoms with E-state index in [0.29, 0.717) is 50.0 Å². The molecule has 0 radical (unpaired) electrons. The second-order valence-electron chi connectivity index (χ2n) is 10.8. The highest BCUT2D eigenvalue weighted by molar-refractivity contribution is 9.10. The normalized spacial score (nSPS) is 24.0. The zero-order chi connectivity index (χ0) is 27.7. The van der Waals surface area contributed by atoms with Gasteiger partial charge in [-0.3, -0.25) is 0 Å². The van der Waals surface area contributed by atoms with Crippen LogP contribution in [0.5, 0.6) is 0 Å². The van der Waals surface area contributed by atoms with Gasteiger partial charge in [-0.05, 0) is 69.9 Å². The van der Waals surface area contributed by atoms with Crippen LogP contribution in [-0.4, -0.2) is 65.6 Å². The Morgan fingerprint density at radius 3 is 2.30 bits per heavy atom. The Morgan fingerprint density at radius 2 is 1.68 bits per heavy atom. The molecule has 3 aliphatic rings. The maximum absolute atomic E-state index is 13.3. The fourth-order valence-electron chi connectivity index (χ4n) is 6.46. The minimum absolute atomic E-state index is 0.00699. The maximum Gasteiger partial charge on any atom is 0.409 e. The number of carbonyl (C=O) groups excluding carboxylic acids is 1. The van der Waals surface area contributed by atoms with Gasteiger partial charge in [0.05, 0.1) is 24.4 Å². The Balaban J connectivity index is 1.12. The van der Waals surface area contributed by atoms with Gasteiger partial charge in [-0.1, -0.05) is 54.6 Å². The Kier molecular flexibility index (Phi) is 7.37. The summed E-state index contributed by atoms with van der Waals surface area (Å²) in [6.07, 6.45) is 3.76. The first kappa shape index (κ1) is 26.9. The van der Waals surface area contributed by atoms with Crippen molar-refractivity contribution < 1.29 is 28.9 Å². The van der Waals surface area contributed by atoms with Crippen molar-refractivity contribution in [3.8, 4) is 11.1 Å². The molecule has 1 saturated heterocycles. The number of fused-ring (bicyclic) bond motifs is 3. The summed E-state index contributed by atoms with van der Waals surface area (Å²) >= 11 is 3.36. The lowest BCUT2D eigenvalue weighted by molar-refractivity contribution is -0.176. The molecule has 0 unspecified atom stereocenters. The Bertz CT molecular complexity index is 1360. The van der Waals surface area contributed by atoms with E-state index in [0.717, 1.165) is 5.56 Å². The third-order valence-corrected chi connectivity index (χ3v) is 9.01. The number of benzene rings is 2.